The molecule has 1 aliphatic heterocycles. The van der Waals surface area contributed by atoms with Crippen molar-refractivity contribution in [2.24, 2.45) is 0 Å². The Morgan fingerprint density at radius 1 is 1.11 bits per heavy atom. The van der Waals surface area contributed by atoms with E-state index in [1.807, 2.05) is 48.5 Å². The Kier molecular flexibility index (Phi) is 3.62. The Morgan fingerprint density at radius 3 is 2.63 bits per heavy atom. The van der Waals surface area contributed by atoms with Gasteiger partial charge in [0.2, 0.25) is 0 Å². The summed E-state index contributed by atoms with van der Waals surface area (Å²) in [4.78, 5) is 12.9. The number of esters is 1. The van der Waals surface area contributed by atoms with Gasteiger partial charge < -0.3 is 4.74 Å². The molecule has 0 saturated heterocycles. The molecule has 0 fully saturated rings. The maximum Gasteiger partial charge on any atom is 0.312 e. The molecule has 19 heavy (non-hydrogen) atoms. The van der Waals surface area contributed by atoms with Gasteiger partial charge in [-0.15, -0.1) is 11.8 Å². The van der Waals surface area contributed by atoms with Gasteiger partial charge >= 0.3 is 5.97 Å². The van der Waals surface area contributed by atoms with E-state index in [1.165, 1.54) is 0 Å². The predicted molar refractivity (Wildman–Crippen MR) is 79.4 cm³/mol. The summed E-state index contributed by atoms with van der Waals surface area (Å²) in [5.41, 5.74) is 1.14. The SMILES string of the molecule is O=C1CC(c2ccc(Br)cc2)Sc2ccccc2O1. The molecule has 2 aromatic rings. The number of carbonyl (C=O) groups is 1. The van der Waals surface area contributed by atoms with Crippen LogP contribution < -0.4 is 4.74 Å². The van der Waals surface area contributed by atoms with Gasteiger partial charge in [-0.3, -0.25) is 4.79 Å². The molecular formula is C15H11BrO2S. The molecule has 1 aliphatic rings. The van der Waals surface area contributed by atoms with Crippen molar-refractivity contribution in [3.8, 4) is 5.75 Å². The molecule has 1 heterocycles. The number of halogens is 1. The van der Waals surface area contributed by atoms with Crippen LogP contribution in [0.25, 0.3) is 0 Å². The largest absolute Gasteiger partial charge is 0.425 e. The summed E-state index contributed by atoms with van der Waals surface area (Å²) < 4.78 is 6.40. The first-order chi connectivity index (χ1) is 9.22. The van der Waals surface area contributed by atoms with E-state index in [0.29, 0.717) is 12.2 Å². The van der Waals surface area contributed by atoms with Gasteiger partial charge in [0, 0.05) is 9.72 Å². The molecule has 0 aliphatic carbocycles. The van der Waals surface area contributed by atoms with Crippen LogP contribution in [0.1, 0.15) is 17.2 Å². The topological polar surface area (TPSA) is 26.3 Å². The lowest BCUT2D eigenvalue weighted by Gasteiger charge is -2.12. The highest BCUT2D eigenvalue weighted by atomic mass is 79.9. The minimum absolute atomic E-state index is 0.101. The molecule has 2 aromatic carbocycles. The number of carbonyl (C=O) groups excluding carboxylic acids is 1. The molecule has 0 spiro atoms. The van der Waals surface area contributed by atoms with Crippen LogP contribution in [-0.4, -0.2) is 5.97 Å². The summed E-state index contributed by atoms with van der Waals surface area (Å²) in [5.74, 6) is 0.488. The van der Waals surface area contributed by atoms with Crippen molar-refractivity contribution in [1.29, 1.82) is 0 Å². The Morgan fingerprint density at radius 2 is 1.84 bits per heavy atom. The maximum atomic E-state index is 11.9. The smallest absolute Gasteiger partial charge is 0.312 e. The molecule has 0 N–H and O–H groups in total. The van der Waals surface area contributed by atoms with Crippen LogP contribution in [0.3, 0.4) is 0 Å². The summed E-state index contributed by atoms with van der Waals surface area (Å²) in [6, 6.07) is 15.8. The first-order valence-corrected chi connectivity index (χ1v) is 7.61. The van der Waals surface area contributed by atoms with Crippen molar-refractivity contribution in [1.82, 2.24) is 0 Å². The van der Waals surface area contributed by atoms with E-state index >= 15 is 0 Å². The number of hydrogen-bond acceptors (Lipinski definition) is 3. The Labute approximate surface area is 124 Å². The number of thioether (sulfide) groups is 1. The third-order valence-corrected chi connectivity index (χ3v) is 4.78. The lowest BCUT2D eigenvalue weighted by Crippen LogP contribution is -2.08. The maximum absolute atomic E-state index is 11.9. The zero-order valence-corrected chi connectivity index (χ0v) is 12.4. The predicted octanol–water partition coefficient (Wildman–Crippen LogP) is 4.59. The Balaban J connectivity index is 1.95. The molecule has 3 rings (SSSR count). The fraction of sp³-hybridized carbons (Fsp3) is 0.133. The van der Waals surface area contributed by atoms with Gasteiger partial charge in [0.15, 0.2) is 0 Å². The average Bonchev–Trinajstić information content (AvgIpc) is 2.57. The third-order valence-electron chi connectivity index (χ3n) is 2.94. The number of para-hydroxylation sites is 1. The first kappa shape index (κ1) is 12.8. The van der Waals surface area contributed by atoms with Crippen molar-refractivity contribution >= 4 is 33.7 Å². The van der Waals surface area contributed by atoms with Crippen molar-refractivity contribution in [2.45, 2.75) is 16.6 Å². The van der Waals surface area contributed by atoms with Crippen LogP contribution in [0.15, 0.2) is 57.9 Å². The third kappa shape index (κ3) is 2.85. The number of hydrogen-bond donors (Lipinski definition) is 0. The zero-order chi connectivity index (χ0) is 13.2. The summed E-state index contributed by atoms with van der Waals surface area (Å²) >= 11 is 5.10. The Hall–Kier alpha value is -1.26. The van der Waals surface area contributed by atoms with Crippen LogP contribution in [-0.2, 0) is 4.79 Å². The highest BCUT2D eigenvalue weighted by Crippen LogP contribution is 2.44. The van der Waals surface area contributed by atoms with Gasteiger partial charge in [-0.05, 0) is 29.8 Å². The van der Waals surface area contributed by atoms with Crippen molar-refractivity contribution < 1.29 is 9.53 Å². The van der Waals surface area contributed by atoms with Crippen LogP contribution in [0.4, 0.5) is 0 Å². The molecule has 0 amide bonds. The van der Waals surface area contributed by atoms with Gasteiger partial charge in [-0.1, -0.05) is 40.2 Å². The fourth-order valence-electron chi connectivity index (χ4n) is 2.01. The first-order valence-electron chi connectivity index (χ1n) is 5.94. The molecular weight excluding hydrogens is 324 g/mol. The highest BCUT2D eigenvalue weighted by molar-refractivity contribution is 9.10. The second-order valence-corrected chi connectivity index (χ2v) is 6.44. The van der Waals surface area contributed by atoms with Gasteiger partial charge in [-0.2, -0.15) is 0 Å². The standard InChI is InChI=1S/C15H11BrO2S/c16-11-7-5-10(6-8-11)14-9-15(17)18-12-3-1-2-4-13(12)19-14/h1-8,14H,9H2. The molecule has 1 atom stereocenters. The van der Waals surface area contributed by atoms with Crippen molar-refractivity contribution in [3.63, 3.8) is 0 Å². The lowest BCUT2D eigenvalue weighted by atomic mass is 10.1. The summed E-state index contributed by atoms with van der Waals surface area (Å²) in [6.45, 7) is 0. The normalized spacial score (nSPS) is 18.4. The number of ether oxygens (including phenoxy) is 1. The van der Waals surface area contributed by atoms with Crippen LogP contribution >= 0.6 is 27.7 Å². The number of fused-ring (bicyclic) bond motifs is 1. The summed E-state index contributed by atoms with van der Waals surface area (Å²) in [6.07, 6.45) is 0.390. The van der Waals surface area contributed by atoms with E-state index in [0.717, 1.165) is 14.9 Å². The van der Waals surface area contributed by atoms with Gasteiger partial charge in [0.1, 0.15) is 5.75 Å². The number of benzene rings is 2. The van der Waals surface area contributed by atoms with Gasteiger partial charge in [0.05, 0.1) is 11.3 Å². The molecule has 0 bridgehead atoms. The lowest BCUT2D eigenvalue weighted by molar-refractivity contribution is -0.134. The van der Waals surface area contributed by atoms with E-state index in [4.69, 9.17) is 4.74 Å². The van der Waals surface area contributed by atoms with Gasteiger partial charge in [0.25, 0.3) is 0 Å². The average molecular weight is 335 g/mol. The summed E-state index contributed by atoms with van der Waals surface area (Å²) in [7, 11) is 0. The van der Waals surface area contributed by atoms with Crippen LogP contribution in [0, 0.1) is 0 Å². The van der Waals surface area contributed by atoms with Crippen LogP contribution in [0.5, 0.6) is 5.75 Å². The van der Waals surface area contributed by atoms with Crippen molar-refractivity contribution in [3.05, 3.63) is 58.6 Å². The molecule has 1 unspecified atom stereocenters. The van der Waals surface area contributed by atoms with Gasteiger partial charge in [-0.25, -0.2) is 0 Å². The Bertz CT molecular complexity index is 610. The van der Waals surface area contributed by atoms with Crippen molar-refractivity contribution in [2.75, 3.05) is 0 Å². The van der Waals surface area contributed by atoms with E-state index in [1.54, 1.807) is 11.8 Å². The van der Waals surface area contributed by atoms with Crippen LogP contribution in [0.2, 0.25) is 0 Å². The van der Waals surface area contributed by atoms with E-state index < -0.39 is 0 Å². The number of rotatable bonds is 1. The molecule has 96 valence electrons. The minimum atomic E-state index is -0.176. The second-order valence-electron chi connectivity index (χ2n) is 4.28. The summed E-state index contributed by atoms with van der Waals surface area (Å²) in [5, 5.41) is 0.101. The van der Waals surface area contributed by atoms with E-state index in [2.05, 4.69) is 15.9 Å². The molecule has 0 radical (unpaired) electrons. The second kappa shape index (κ2) is 5.39. The zero-order valence-electron chi connectivity index (χ0n) is 10.0. The van der Waals surface area contributed by atoms with E-state index in [-0.39, 0.29) is 11.2 Å². The molecule has 2 nitrogen and oxygen atoms in total. The highest BCUT2D eigenvalue weighted by Gasteiger charge is 2.24. The monoisotopic (exact) mass is 334 g/mol. The quantitative estimate of drug-likeness (QED) is 0.563. The minimum Gasteiger partial charge on any atom is -0.425 e. The molecule has 0 saturated carbocycles. The fourth-order valence-corrected chi connectivity index (χ4v) is 3.47. The molecule has 0 aromatic heterocycles. The molecule has 4 heteroatoms. The van der Waals surface area contributed by atoms with E-state index in [9.17, 15) is 4.79 Å².